The first-order chi connectivity index (χ1) is 16.5. The van der Waals surface area contributed by atoms with Crippen molar-refractivity contribution < 1.29 is 23.1 Å². The van der Waals surface area contributed by atoms with Crippen LogP contribution in [0.2, 0.25) is 0 Å². The molecule has 34 heavy (non-hydrogen) atoms. The fourth-order valence-electron chi connectivity index (χ4n) is 4.14. The second kappa shape index (κ2) is 10.8. The average Bonchev–Trinajstić information content (AvgIpc) is 3.52. The molecule has 180 valence electrons. The number of rotatable bonds is 7. The Kier molecular flexibility index (Phi) is 7.64. The largest absolute Gasteiger partial charge is 0.459 e. The summed E-state index contributed by atoms with van der Waals surface area (Å²) < 4.78 is 25.5. The highest BCUT2D eigenvalue weighted by Crippen LogP contribution is 2.40. The van der Waals surface area contributed by atoms with Gasteiger partial charge in [0, 0.05) is 42.2 Å². The molecule has 1 N–H and O–H groups in total. The van der Waals surface area contributed by atoms with E-state index in [0.717, 1.165) is 16.9 Å². The molecule has 1 aliphatic rings. The number of hydrogen-bond donors (Lipinski definition) is 1. The summed E-state index contributed by atoms with van der Waals surface area (Å²) in [6.45, 7) is 6.18. The molecule has 0 radical (unpaired) electrons. The van der Waals surface area contributed by atoms with E-state index in [-0.39, 0.29) is 23.6 Å². The molecule has 9 heteroatoms. The summed E-state index contributed by atoms with van der Waals surface area (Å²) in [5.74, 6) is -0.453. The zero-order valence-corrected chi connectivity index (χ0v) is 20.1. The van der Waals surface area contributed by atoms with Crippen LogP contribution in [0.5, 0.6) is 0 Å². The smallest absolute Gasteiger partial charge is 0.409 e. The number of furan rings is 1. The van der Waals surface area contributed by atoms with Gasteiger partial charge in [0.15, 0.2) is 5.76 Å². The van der Waals surface area contributed by atoms with Crippen molar-refractivity contribution in [2.75, 3.05) is 38.1 Å². The summed E-state index contributed by atoms with van der Waals surface area (Å²) in [5.41, 5.74) is 1.36. The van der Waals surface area contributed by atoms with Gasteiger partial charge in [0.25, 0.3) is 5.91 Å². The molecule has 3 aromatic rings. The van der Waals surface area contributed by atoms with Gasteiger partial charge >= 0.3 is 6.09 Å². The maximum Gasteiger partial charge on any atom is 0.409 e. The van der Waals surface area contributed by atoms with Gasteiger partial charge < -0.3 is 19.4 Å². The molecule has 0 spiro atoms. The lowest BCUT2D eigenvalue weighted by Crippen LogP contribution is -2.50. The van der Waals surface area contributed by atoms with Crippen LogP contribution in [0.1, 0.15) is 46.4 Å². The van der Waals surface area contributed by atoms with Crippen molar-refractivity contribution in [1.29, 1.82) is 0 Å². The molecule has 1 saturated heterocycles. The number of nitrogens with one attached hydrogen (secondary N) is 1. The molecule has 3 heterocycles. The zero-order chi connectivity index (χ0) is 24.1. The van der Waals surface area contributed by atoms with Gasteiger partial charge in [-0.2, -0.15) is 0 Å². The Morgan fingerprint density at radius 1 is 1.12 bits per heavy atom. The van der Waals surface area contributed by atoms with Gasteiger partial charge in [-0.3, -0.25) is 9.69 Å². The first-order valence-corrected chi connectivity index (χ1v) is 12.2. The monoisotopic (exact) mass is 485 g/mol. The predicted octanol–water partition coefficient (Wildman–Crippen LogP) is 5.16. The summed E-state index contributed by atoms with van der Waals surface area (Å²) in [4.78, 5) is 29.8. The standard InChI is InChI=1S/C25H28FN3O4S/c1-3-17-16-19(24(34-17)27-23(30)21-10-7-15-33-21)22(18-8-5-6-9-20(18)26)28-11-13-29(14-12-28)25(31)32-4-2/h5-10,15-16,22H,3-4,11-14H2,1-2H3,(H,27,30). The number of benzene rings is 1. The molecule has 1 fully saturated rings. The van der Waals surface area contributed by atoms with Crippen LogP contribution in [0, 0.1) is 5.82 Å². The molecule has 2 aromatic heterocycles. The summed E-state index contributed by atoms with van der Waals surface area (Å²) in [7, 11) is 0. The number of carbonyl (C=O) groups is 2. The first kappa shape index (κ1) is 24.0. The highest BCUT2D eigenvalue weighted by molar-refractivity contribution is 7.16. The fraction of sp³-hybridized carbons (Fsp3) is 0.360. The number of thiophene rings is 1. The van der Waals surface area contributed by atoms with Crippen LogP contribution < -0.4 is 5.32 Å². The Bertz CT molecular complexity index is 1120. The van der Waals surface area contributed by atoms with Gasteiger partial charge in [-0.15, -0.1) is 11.3 Å². The minimum atomic E-state index is -0.422. The van der Waals surface area contributed by atoms with E-state index < -0.39 is 6.04 Å². The zero-order valence-electron chi connectivity index (χ0n) is 19.3. The molecule has 1 atom stereocenters. The molecule has 0 bridgehead atoms. The molecule has 2 amide bonds. The number of ether oxygens (including phenoxy) is 1. The van der Waals surface area contributed by atoms with Crippen molar-refractivity contribution in [3.63, 3.8) is 0 Å². The van der Waals surface area contributed by atoms with E-state index in [1.807, 2.05) is 19.1 Å². The maximum absolute atomic E-state index is 15.1. The van der Waals surface area contributed by atoms with E-state index in [0.29, 0.717) is 43.4 Å². The Balaban J connectivity index is 1.68. The molecule has 7 nitrogen and oxygen atoms in total. The fourth-order valence-corrected chi connectivity index (χ4v) is 5.17. The van der Waals surface area contributed by atoms with E-state index in [4.69, 9.17) is 9.15 Å². The van der Waals surface area contributed by atoms with Gasteiger partial charge in [-0.25, -0.2) is 9.18 Å². The minimum Gasteiger partial charge on any atom is -0.459 e. The number of anilines is 1. The van der Waals surface area contributed by atoms with Gasteiger partial charge in [0.1, 0.15) is 10.8 Å². The lowest BCUT2D eigenvalue weighted by atomic mass is 9.96. The predicted molar refractivity (Wildman–Crippen MR) is 129 cm³/mol. The summed E-state index contributed by atoms with van der Waals surface area (Å²) in [5, 5.41) is 3.64. The van der Waals surface area contributed by atoms with Crippen LogP contribution in [0.25, 0.3) is 0 Å². The van der Waals surface area contributed by atoms with Crippen molar-refractivity contribution in [3.8, 4) is 0 Å². The molecule has 1 unspecified atom stereocenters. The minimum absolute atomic E-state index is 0.211. The first-order valence-electron chi connectivity index (χ1n) is 11.4. The lowest BCUT2D eigenvalue weighted by molar-refractivity contribution is 0.0711. The Morgan fingerprint density at radius 3 is 2.53 bits per heavy atom. The SMILES string of the molecule is CCOC(=O)N1CCN(C(c2ccccc2F)c2cc(CC)sc2NC(=O)c2ccco2)CC1. The Morgan fingerprint density at radius 2 is 1.88 bits per heavy atom. The molecule has 1 aliphatic heterocycles. The topological polar surface area (TPSA) is 75.0 Å². The lowest BCUT2D eigenvalue weighted by Gasteiger charge is -2.39. The van der Waals surface area contributed by atoms with Gasteiger partial charge in [0.05, 0.1) is 18.9 Å². The number of nitrogens with zero attached hydrogens (tertiary/aromatic N) is 2. The second-order valence-electron chi connectivity index (χ2n) is 7.93. The normalized spacial score (nSPS) is 15.2. The maximum atomic E-state index is 15.1. The number of amides is 2. The van der Waals surface area contributed by atoms with Crippen LogP contribution in [-0.4, -0.2) is 54.6 Å². The van der Waals surface area contributed by atoms with Gasteiger partial charge in [-0.1, -0.05) is 25.1 Å². The number of carbonyl (C=O) groups excluding carboxylic acids is 2. The Hall–Kier alpha value is -3.17. The van der Waals surface area contributed by atoms with Crippen molar-refractivity contribution in [1.82, 2.24) is 9.80 Å². The van der Waals surface area contributed by atoms with Gasteiger partial charge in [-0.05, 0) is 37.6 Å². The van der Waals surface area contributed by atoms with E-state index in [9.17, 15) is 9.59 Å². The third-order valence-electron chi connectivity index (χ3n) is 5.83. The van der Waals surface area contributed by atoms with E-state index in [1.165, 1.54) is 23.7 Å². The highest BCUT2D eigenvalue weighted by atomic mass is 32.1. The molecule has 0 saturated carbocycles. The van der Waals surface area contributed by atoms with E-state index in [2.05, 4.69) is 10.2 Å². The van der Waals surface area contributed by atoms with Crippen molar-refractivity contribution in [3.05, 3.63) is 76.3 Å². The molecular weight excluding hydrogens is 457 g/mol. The number of halogens is 1. The molecule has 4 rings (SSSR count). The average molecular weight is 486 g/mol. The van der Waals surface area contributed by atoms with E-state index in [1.54, 1.807) is 36.1 Å². The summed E-state index contributed by atoms with van der Waals surface area (Å²) in [6.07, 6.45) is 1.90. The third kappa shape index (κ3) is 5.15. The second-order valence-corrected chi connectivity index (χ2v) is 9.06. The third-order valence-corrected chi connectivity index (χ3v) is 7.04. The van der Waals surface area contributed by atoms with Gasteiger partial charge in [0.2, 0.25) is 0 Å². The van der Waals surface area contributed by atoms with Crippen LogP contribution >= 0.6 is 11.3 Å². The van der Waals surface area contributed by atoms with Crippen LogP contribution in [0.3, 0.4) is 0 Å². The van der Waals surface area contributed by atoms with Crippen molar-refractivity contribution in [2.45, 2.75) is 26.3 Å². The molecule has 1 aromatic carbocycles. The molecular formula is C25H28FN3O4S. The van der Waals surface area contributed by atoms with Crippen LogP contribution in [-0.2, 0) is 11.2 Å². The Labute approximate surface area is 202 Å². The number of aryl methyl sites for hydroxylation is 1. The van der Waals surface area contributed by atoms with Crippen LogP contribution in [0.4, 0.5) is 14.2 Å². The van der Waals surface area contributed by atoms with Crippen molar-refractivity contribution in [2.24, 2.45) is 0 Å². The number of piperazine rings is 1. The number of hydrogen-bond acceptors (Lipinski definition) is 6. The van der Waals surface area contributed by atoms with Crippen LogP contribution in [0.15, 0.2) is 53.1 Å². The summed E-state index contributed by atoms with van der Waals surface area (Å²) in [6, 6.07) is 11.6. The quantitative estimate of drug-likeness (QED) is 0.500. The summed E-state index contributed by atoms with van der Waals surface area (Å²) >= 11 is 1.48. The van der Waals surface area contributed by atoms with Crippen molar-refractivity contribution >= 4 is 28.3 Å². The van der Waals surface area contributed by atoms with E-state index >= 15 is 4.39 Å². The highest BCUT2D eigenvalue weighted by Gasteiger charge is 2.33. The molecule has 0 aliphatic carbocycles.